The number of carbonyl (C=O) groups is 3. The monoisotopic (exact) mass is 427 g/mol. The minimum atomic E-state index is -0.582. The summed E-state index contributed by atoms with van der Waals surface area (Å²) < 4.78 is 0. The number of carbonyl (C=O) groups excluding carboxylic acids is 3. The number of hydrogen-bond acceptors (Lipinski definition) is 7. The number of nitrogens with one attached hydrogen (secondary N) is 1. The van der Waals surface area contributed by atoms with Crippen molar-refractivity contribution in [3.8, 4) is 0 Å². The van der Waals surface area contributed by atoms with Gasteiger partial charge < -0.3 is 20.4 Å². The molecule has 31 heavy (non-hydrogen) atoms. The molecule has 0 aliphatic carbocycles. The summed E-state index contributed by atoms with van der Waals surface area (Å²) in [4.78, 5) is 48.7. The van der Waals surface area contributed by atoms with E-state index in [4.69, 9.17) is 10.7 Å². The number of amides is 4. The first-order valence-corrected chi connectivity index (χ1v) is 10.5. The van der Waals surface area contributed by atoms with E-state index in [0.29, 0.717) is 38.7 Å². The van der Waals surface area contributed by atoms with Crippen LogP contribution in [-0.2, 0) is 16.1 Å². The van der Waals surface area contributed by atoms with Crippen LogP contribution < -0.4 is 11.1 Å². The van der Waals surface area contributed by atoms with Gasteiger partial charge in [-0.15, -0.1) is 0 Å². The lowest BCUT2D eigenvalue weighted by atomic mass is 10.0. The van der Waals surface area contributed by atoms with Crippen LogP contribution in [-0.4, -0.2) is 95.4 Å². The third kappa shape index (κ3) is 4.07. The molecule has 4 rings (SSSR count). The average Bonchev–Trinajstić information content (AvgIpc) is 3.09. The summed E-state index contributed by atoms with van der Waals surface area (Å²) >= 11 is 0. The van der Waals surface area contributed by atoms with Crippen LogP contribution in [0.3, 0.4) is 0 Å². The van der Waals surface area contributed by atoms with E-state index < -0.39 is 18.2 Å². The maximum atomic E-state index is 12.8. The lowest BCUT2D eigenvalue weighted by Crippen LogP contribution is -2.64. The van der Waals surface area contributed by atoms with Crippen LogP contribution in [0.15, 0.2) is 23.2 Å². The predicted octanol–water partition coefficient (Wildman–Crippen LogP) is -0.546. The highest BCUT2D eigenvalue weighted by molar-refractivity contribution is 6.03. The smallest absolute Gasteiger partial charge is 0.325 e. The van der Waals surface area contributed by atoms with Gasteiger partial charge in [-0.1, -0.05) is 23.8 Å². The molecule has 10 heteroatoms. The number of nitrogens with zero attached hydrogens (tertiary/aromatic N) is 5. The standard InChI is InChI=1S/C21H29N7O3/c1-13-4-5-14(2)15(10-13)11-28-17-18(25(3)21(31)24-19(17)30)23-20(28)27-8-6-26(7-9-27)12-16(22)29/h4-5,10,17-18H,6-9,11-12H2,1-3H3,(H2,22,29)(H,24,30,31). The van der Waals surface area contributed by atoms with Gasteiger partial charge in [0.1, 0.15) is 0 Å². The van der Waals surface area contributed by atoms with Crippen LogP contribution in [0.25, 0.3) is 0 Å². The number of aryl methyl sites for hydroxylation is 2. The van der Waals surface area contributed by atoms with Gasteiger partial charge in [-0.3, -0.25) is 19.8 Å². The van der Waals surface area contributed by atoms with Crippen molar-refractivity contribution in [2.75, 3.05) is 39.8 Å². The number of imide groups is 1. The molecule has 0 bridgehead atoms. The first kappa shape index (κ1) is 21.1. The van der Waals surface area contributed by atoms with Crippen molar-refractivity contribution >= 4 is 23.8 Å². The highest BCUT2D eigenvalue weighted by Gasteiger charge is 2.49. The van der Waals surface area contributed by atoms with Gasteiger partial charge in [0, 0.05) is 39.8 Å². The molecule has 3 aliphatic rings. The maximum absolute atomic E-state index is 12.8. The topological polar surface area (TPSA) is 115 Å². The lowest BCUT2D eigenvalue weighted by Gasteiger charge is -2.40. The van der Waals surface area contributed by atoms with Gasteiger partial charge in [0.2, 0.25) is 5.91 Å². The number of piperazine rings is 1. The van der Waals surface area contributed by atoms with Gasteiger partial charge in [-0.2, -0.15) is 0 Å². The number of nitrogens with two attached hydrogens (primary N) is 1. The van der Waals surface area contributed by atoms with E-state index in [0.717, 1.165) is 16.7 Å². The van der Waals surface area contributed by atoms with E-state index in [-0.39, 0.29) is 18.4 Å². The molecule has 3 aliphatic heterocycles. The first-order chi connectivity index (χ1) is 14.7. The largest absolute Gasteiger partial charge is 0.369 e. The van der Waals surface area contributed by atoms with E-state index >= 15 is 0 Å². The molecule has 2 fully saturated rings. The van der Waals surface area contributed by atoms with E-state index in [2.05, 4.69) is 35.3 Å². The number of hydrogen-bond donors (Lipinski definition) is 2. The molecular weight excluding hydrogens is 398 g/mol. The van der Waals surface area contributed by atoms with Crippen molar-refractivity contribution in [2.45, 2.75) is 32.6 Å². The molecule has 2 atom stereocenters. The molecule has 166 valence electrons. The number of fused-ring (bicyclic) bond motifs is 1. The highest BCUT2D eigenvalue weighted by atomic mass is 16.2. The Balaban J connectivity index is 1.62. The van der Waals surface area contributed by atoms with Crippen LogP contribution in [0, 0.1) is 13.8 Å². The Kier molecular flexibility index (Phi) is 5.57. The van der Waals surface area contributed by atoms with E-state index in [1.807, 2.05) is 16.7 Å². The van der Waals surface area contributed by atoms with Crippen molar-refractivity contribution in [3.05, 3.63) is 34.9 Å². The number of benzene rings is 1. The zero-order valence-corrected chi connectivity index (χ0v) is 18.2. The van der Waals surface area contributed by atoms with Crippen molar-refractivity contribution in [1.29, 1.82) is 0 Å². The van der Waals surface area contributed by atoms with Crippen LogP contribution in [0.5, 0.6) is 0 Å². The summed E-state index contributed by atoms with van der Waals surface area (Å²) in [5.74, 6) is 0.0434. The number of likely N-dealkylation sites (N-methyl/N-ethyl adjacent to an activating group) is 1. The molecular formula is C21H29N7O3. The van der Waals surface area contributed by atoms with E-state index in [1.165, 1.54) is 4.90 Å². The summed E-state index contributed by atoms with van der Waals surface area (Å²) in [7, 11) is 1.66. The molecule has 0 saturated carbocycles. The number of aliphatic imine (C=N–C) groups is 1. The Morgan fingerprint density at radius 3 is 2.58 bits per heavy atom. The molecule has 4 amide bonds. The summed E-state index contributed by atoms with van der Waals surface area (Å²) in [6.45, 7) is 7.52. The van der Waals surface area contributed by atoms with E-state index in [9.17, 15) is 14.4 Å². The Morgan fingerprint density at radius 2 is 1.90 bits per heavy atom. The Morgan fingerprint density at radius 1 is 1.19 bits per heavy atom. The zero-order valence-electron chi connectivity index (χ0n) is 18.2. The summed E-state index contributed by atoms with van der Waals surface area (Å²) in [6, 6.07) is 5.25. The average molecular weight is 428 g/mol. The molecule has 0 spiro atoms. The van der Waals surface area contributed by atoms with Gasteiger partial charge in [0.15, 0.2) is 18.2 Å². The van der Waals surface area contributed by atoms with Gasteiger partial charge in [0.25, 0.3) is 5.91 Å². The van der Waals surface area contributed by atoms with Crippen molar-refractivity contribution in [1.82, 2.24) is 24.9 Å². The second-order valence-electron chi connectivity index (χ2n) is 8.48. The molecule has 0 aromatic heterocycles. The molecule has 0 radical (unpaired) electrons. The fraction of sp³-hybridized carbons (Fsp3) is 0.524. The Bertz CT molecular complexity index is 939. The molecule has 1 aromatic rings. The fourth-order valence-electron chi connectivity index (χ4n) is 4.42. The molecule has 1 aromatic carbocycles. The van der Waals surface area contributed by atoms with Crippen LogP contribution >= 0.6 is 0 Å². The molecule has 3 N–H and O–H groups in total. The fourth-order valence-corrected chi connectivity index (χ4v) is 4.42. The normalized spacial score (nSPS) is 24.2. The number of rotatable bonds is 4. The van der Waals surface area contributed by atoms with Crippen LogP contribution in [0.4, 0.5) is 4.79 Å². The predicted molar refractivity (Wildman–Crippen MR) is 115 cm³/mol. The molecule has 10 nitrogen and oxygen atoms in total. The summed E-state index contributed by atoms with van der Waals surface area (Å²) in [5.41, 5.74) is 8.74. The van der Waals surface area contributed by atoms with Crippen molar-refractivity contribution in [3.63, 3.8) is 0 Å². The number of urea groups is 1. The first-order valence-electron chi connectivity index (χ1n) is 10.5. The van der Waals surface area contributed by atoms with E-state index in [1.54, 1.807) is 7.05 Å². The highest BCUT2D eigenvalue weighted by Crippen LogP contribution is 2.28. The Hall–Kier alpha value is -3.14. The second-order valence-corrected chi connectivity index (χ2v) is 8.48. The van der Waals surface area contributed by atoms with Gasteiger partial charge >= 0.3 is 6.03 Å². The SMILES string of the molecule is Cc1ccc(C)c(CN2C(N3CCN(CC(N)=O)CC3)=NC3C2C(=O)NC(=O)N3C)c1. The zero-order chi connectivity index (χ0) is 22.3. The number of primary amides is 1. The minimum absolute atomic E-state index is 0.234. The summed E-state index contributed by atoms with van der Waals surface area (Å²) in [5, 5.41) is 2.45. The molecule has 3 heterocycles. The van der Waals surface area contributed by atoms with Gasteiger partial charge in [-0.25, -0.2) is 9.79 Å². The van der Waals surface area contributed by atoms with Crippen molar-refractivity contribution in [2.24, 2.45) is 10.7 Å². The molecule has 2 unspecified atom stereocenters. The quantitative estimate of drug-likeness (QED) is 0.667. The number of guanidine groups is 1. The van der Waals surface area contributed by atoms with Gasteiger partial charge in [-0.05, 0) is 25.0 Å². The third-order valence-electron chi connectivity index (χ3n) is 6.22. The van der Waals surface area contributed by atoms with Crippen molar-refractivity contribution < 1.29 is 14.4 Å². The minimum Gasteiger partial charge on any atom is -0.369 e. The lowest BCUT2D eigenvalue weighted by molar-refractivity contribution is -0.127. The Labute approximate surface area is 181 Å². The van der Waals surface area contributed by atoms with Crippen LogP contribution in [0.2, 0.25) is 0 Å². The second kappa shape index (κ2) is 8.18. The van der Waals surface area contributed by atoms with Crippen LogP contribution in [0.1, 0.15) is 16.7 Å². The third-order valence-corrected chi connectivity index (χ3v) is 6.22. The summed E-state index contributed by atoms with van der Waals surface area (Å²) in [6.07, 6.45) is -0.565. The van der Waals surface area contributed by atoms with Gasteiger partial charge in [0.05, 0.1) is 6.54 Å². The maximum Gasteiger partial charge on any atom is 0.325 e. The molecule has 2 saturated heterocycles.